The van der Waals surface area contributed by atoms with Crippen LogP contribution in [0.5, 0.6) is 10.9 Å². The van der Waals surface area contributed by atoms with E-state index in [-0.39, 0.29) is 5.91 Å². The molecule has 0 aliphatic heterocycles. The molecule has 1 amide bonds. The summed E-state index contributed by atoms with van der Waals surface area (Å²) in [7, 11) is 0. The normalized spacial score (nSPS) is 10.2. The summed E-state index contributed by atoms with van der Waals surface area (Å²) in [5.41, 5.74) is 1.26. The summed E-state index contributed by atoms with van der Waals surface area (Å²) < 4.78 is 5.57. The molecule has 0 saturated carbocycles. The fourth-order valence-corrected chi connectivity index (χ4v) is 2.23. The smallest absolute Gasteiger partial charge is 0.278 e. The average Bonchev–Trinajstić information content (AvgIpc) is 3.08. The van der Waals surface area contributed by atoms with Crippen LogP contribution in [0.1, 0.15) is 16.1 Å². The molecule has 22 heavy (non-hydrogen) atoms. The third-order valence-electron chi connectivity index (χ3n) is 2.79. The highest BCUT2D eigenvalue weighted by atomic mass is 32.1. The summed E-state index contributed by atoms with van der Waals surface area (Å²) in [4.78, 5) is 23.7. The van der Waals surface area contributed by atoms with Crippen LogP contribution < -0.4 is 10.1 Å². The van der Waals surface area contributed by atoms with E-state index < -0.39 is 0 Å². The summed E-state index contributed by atoms with van der Waals surface area (Å²) in [5.74, 6) is 0.454. The zero-order chi connectivity index (χ0) is 15.2. The van der Waals surface area contributed by atoms with Crippen molar-refractivity contribution in [2.24, 2.45) is 0 Å². The van der Waals surface area contributed by atoms with Crippen molar-refractivity contribution >= 4 is 17.2 Å². The molecule has 2 aromatic heterocycles. The minimum absolute atomic E-state index is 0.254. The number of hydrogen-bond donors (Lipinski definition) is 1. The zero-order valence-electron chi connectivity index (χ0n) is 11.5. The second-order valence-corrected chi connectivity index (χ2v) is 5.17. The minimum Gasteiger partial charge on any atom is -0.431 e. The van der Waals surface area contributed by atoms with E-state index in [0.717, 1.165) is 5.56 Å². The van der Waals surface area contributed by atoms with E-state index in [4.69, 9.17) is 4.74 Å². The fourth-order valence-electron chi connectivity index (χ4n) is 1.73. The van der Waals surface area contributed by atoms with Crippen LogP contribution in [0.4, 0.5) is 0 Å². The Morgan fingerprint density at radius 1 is 1.14 bits per heavy atom. The molecule has 1 N–H and O–H groups in total. The molecule has 0 atom stereocenters. The van der Waals surface area contributed by atoms with Crippen LogP contribution in [0.2, 0.25) is 0 Å². The number of nitrogens with one attached hydrogen (secondary N) is 1. The standard InChI is InChI=1S/C15H12N4O2S/c20-14(13-10-16-5-6-17-13)19-9-11-1-3-12(4-2-11)21-15-18-7-8-22-15/h1-8,10H,9H2,(H,19,20). The first kappa shape index (κ1) is 14.2. The highest BCUT2D eigenvalue weighted by molar-refractivity contribution is 7.11. The molecule has 2 heterocycles. The first-order valence-corrected chi connectivity index (χ1v) is 7.40. The third-order valence-corrected chi connectivity index (χ3v) is 3.44. The van der Waals surface area contributed by atoms with E-state index in [2.05, 4.69) is 20.3 Å². The van der Waals surface area contributed by atoms with E-state index in [9.17, 15) is 4.79 Å². The van der Waals surface area contributed by atoms with Crippen molar-refractivity contribution in [1.29, 1.82) is 0 Å². The van der Waals surface area contributed by atoms with Gasteiger partial charge in [-0.05, 0) is 17.7 Å². The molecule has 0 spiro atoms. The number of benzene rings is 1. The Morgan fingerprint density at radius 2 is 2.00 bits per heavy atom. The van der Waals surface area contributed by atoms with Crippen molar-refractivity contribution in [3.63, 3.8) is 0 Å². The highest BCUT2D eigenvalue weighted by Crippen LogP contribution is 2.23. The zero-order valence-corrected chi connectivity index (χ0v) is 12.3. The van der Waals surface area contributed by atoms with Gasteiger partial charge in [-0.15, -0.1) is 0 Å². The number of carbonyl (C=O) groups is 1. The Kier molecular flexibility index (Phi) is 4.35. The van der Waals surface area contributed by atoms with Crippen LogP contribution in [-0.2, 0) is 6.54 Å². The molecule has 0 aliphatic carbocycles. The Bertz CT molecular complexity index is 730. The number of nitrogens with zero attached hydrogens (tertiary/aromatic N) is 3. The molecule has 0 saturated heterocycles. The first-order chi connectivity index (χ1) is 10.8. The molecule has 6 nitrogen and oxygen atoms in total. The monoisotopic (exact) mass is 312 g/mol. The second-order valence-electron chi connectivity index (χ2n) is 4.32. The Labute approximate surface area is 130 Å². The van der Waals surface area contributed by atoms with Crippen LogP contribution in [0.15, 0.2) is 54.4 Å². The SMILES string of the molecule is O=C(NCc1ccc(Oc2nccs2)cc1)c1cnccn1. The van der Waals surface area contributed by atoms with Gasteiger partial charge in [0.15, 0.2) is 0 Å². The summed E-state index contributed by atoms with van der Waals surface area (Å²) in [6.07, 6.45) is 6.13. The third kappa shape index (κ3) is 3.64. The number of amides is 1. The largest absolute Gasteiger partial charge is 0.431 e. The van der Waals surface area contributed by atoms with E-state index in [1.165, 1.54) is 29.9 Å². The Balaban J connectivity index is 1.56. The lowest BCUT2D eigenvalue weighted by Gasteiger charge is -2.06. The molecule has 110 valence electrons. The average molecular weight is 312 g/mol. The van der Waals surface area contributed by atoms with E-state index in [1.54, 1.807) is 6.20 Å². The van der Waals surface area contributed by atoms with Gasteiger partial charge in [0.1, 0.15) is 11.4 Å². The van der Waals surface area contributed by atoms with Crippen LogP contribution >= 0.6 is 11.3 Å². The van der Waals surface area contributed by atoms with E-state index in [1.807, 2.05) is 29.6 Å². The first-order valence-electron chi connectivity index (χ1n) is 6.52. The lowest BCUT2D eigenvalue weighted by atomic mass is 10.2. The van der Waals surface area contributed by atoms with Gasteiger partial charge in [-0.1, -0.05) is 23.5 Å². The van der Waals surface area contributed by atoms with Gasteiger partial charge in [0.05, 0.1) is 6.20 Å². The number of hydrogen-bond acceptors (Lipinski definition) is 6. The maximum absolute atomic E-state index is 11.9. The number of thiazole rings is 1. The summed E-state index contributed by atoms with van der Waals surface area (Å²) in [5, 5.41) is 5.24. The molecule has 7 heteroatoms. The van der Waals surface area contributed by atoms with Crippen LogP contribution in [0.3, 0.4) is 0 Å². The van der Waals surface area contributed by atoms with Crippen molar-refractivity contribution in [2.75, 3.05) is 0 Å². The van der Waals surface area contributed by atoms with Gasteiger partial charge < -0.3 is 10.1 Å². The molecular weight excluding hydrogens is 300 g/mol. The molecule has 0 fully saturated rings. The molecule has 1 aromatic carbocycles. The van der Waals surface area contributed by atoms with Crippen LogP contribution in [0.25, 0.3) is 0 Å². The van der Waals surface area contributed by atoms with Gasteiger partial charge >= 0.3 is 0 Å². The number of aromatic nitrogens is 3. The molecule has 3 aromatic rings. The Morgan fingerprint density at radius 3 is 2.68 bits per heavy atom. The molecular formula is C15H12N4O2S. The predicted molar refractivity (Wildman–Crippen MR) is 81.8 cm³/mol. The topological polar surface area (TPSA) is 77.0 Å². The number of ether oxygens (including phenoxy) is 1. The van der Waals surface area contributed by atoms with E-state index in [0.29, 0.717) is 23.2 Å². The van der Waals surface area contributed by atoms with Crippen molar-refractivity contribution in [1.82, 2.24) is 20.3 Å². The Hall–Kier alpha value is -2.80. The van der Waals surface area contributed by atoms with Gasteiger partial charge in [0.2, 0.25) is 0 Å². The summed E-state index contributed by atoms with van der Waals surface area (Å²) in [6.45, 7) is 0.410. The van der Waals surface area contributed by atoms with Gasteiger partial charge in [-0.3, -0.25) is 9.78 Å². The molecule has 0 radical (unpaired) electrons. The van der Waals surface area contributed by atoms with Gasteiger partial charge in [-0.25, -0.2) is 9.97 Å². The second kappa shape index (κ2) is 6.77. The quantitative estimate of drug-likeness (QED) is 0.783. The van der Waals surface area contributed by atoms with E-state index >= 15 is 0 Å². The molecule has 0 unspecified atom stereocenters. The molecule has 3 rings (SSSR count). The van der Waals surface area contributed by atoms with Crippen LogP contribution in [-0.4, -0.2) is 20.9 Å². The number of rotatable bonds is 5. The van der Waals surface area contributed by atoms with Crippen molar-refractivity contribution < 1.29 is 9.53 Å². The van der Waals surface area contributed by atoms with Gasteiger partial charge in [-0.2, -0.15) is 0 Å². The van der Waals surface area contributed by atoms with Gasteiger partial charge in [0, 0.05) is 30.5 Å². The molecule has 0 bridgehead atoms. The maximum Gasteiger partial charge on any atom is 0.278 e. The van der Waals surface area contributed by atoms with Crippen molar-refractivity contribution in [3.8, 4) is 10.9 Å². The van der Waals surface area contributed by atoms with Crippen LogP contribution in [0, 0.1) is 0 Å². The predicted octanol–water partition coefficient (Wildman–Crippen LogP) is 2.66. The maximum atomic E-state index is 11.9. The number of carbonyl (C=O) groups excluding carboxylic acids is 1. The summed E-state index contributed by atoms with van der Waals surface area (Å²) >= 11 is 1.43. The minimum atomic E-state index is -0.254. The van der Waals surface area contributed by atoms with Crippen molar-refractivity contribution in [3.05, 3.63) is 65.7 Å². The lowest BCUT2D eigenvalue weighted by molar-refractivity contribution is 0.0945. The molecule has 0 aliphatic rings. The lowest BCUT2D eigenvalue weighted by Crippen LogP contribution is -2.23. The van der Waals surface area contributed by atoms with Gasteiger partial charge in [0.25, 0.3) is 11.1 Å². The fraction of sp³-hybridized carbons (Fsp3) is 0.0667. The summed E-state index contributed by atoms with van der Waals surface area (Å²) in [6, 6.07) is 7.45. The highest BCUT2D eigenvalue weighted by Gasteiger charge is 2.06. The van der Waals surface area contributed by atoms with Crippen molar-refractivity contribution in [2.45, 2.75) is 6.54 Å².